The first-order valence-electron chi connectivity index (χ1n) is 8.60. The lowest BCUT2D eigenvalue weighted by molar-refractivity contribution is 0.0850. The molecule has 1 aliphatic rings. The predicted molar refractivity (Wildman–Crippen MR) is 107 cm³/mol. The fourth-order valence-electron chi connectivity index (χ4n) is 2.89. The van der Waals surface area contributed by atoms with E-state index in [1.807, 2.05) is 31.2 Å². The van der Waals surface area contributed by atoms with Gasteiger partial charge in [0.05, 0.1) is 16.6 Å². The van der Waals surface area contributed by atoms with Gasteiger partial charge in [-0.1, -0.05) is 42.0 Å². The predicted octanol–water partition coefficient (Wildman–Crippen LogP) is 2.82. The highest BCUT2D eigenvalue weighted by atomic mass is 32.2. The maximum Gasteiger partial charge on any atom is 0.294 e. The molecule has 1 aliphatic carbocycles. The van der Waals surface area contributed by atoms with Gasteiger partial charge in [-0.25, -0.2) is 0 Å². The van der Waals surface area contributed by atoms with E-state index in [0.717, 1.165) is 16.5 Å². The van der Waals surface area contributed by atoms with Gasteiger partial charge in [0.1, 0.15) is 5.54 Å². The zero-order chi connectivity index (χ0) is 20.5. The maximum absolute atomic E-state index is 12.3. The summed E-state index contributed by atoms with van der Waals surface area (Å²) >= 11 is 0. The van der Waals surface area contributed by atoms with Gasteiger partial charge in [-0.2, -0.15) is 18.2 Å². The third-order valence-corrected chi connectivity index (χ3v) is 5.60. The monoisotopic (exact) mass is 399 g/mol. The van der Waals surface area contributed by atoms with Crippen LogP contribution in [0.2, 0.25) is 0 Å². The molecule has 0 unspecified atom stereocenters. The number of carbonyl (C=O) groups is 1. The second kappa shape index (κ2) is 7.31. The molecule has 28 heavy (non-hydrogen) atoms. The number of aromatic nitrogens is 2. The molecule has 0 radical (unpaired) electrons. The van der Waals surface area contributed by atoms with Crippen LogP contribution in [0.1, 0.15) is 16.8 Å². The Morgan fingerprint density at radius 3 is 2.50 bits per heavy atom. The summed E-state index contributed by atoms with van der Waals surface area (Å²) in [4.78, 5) is 12.2. The van der Waals surface area contributed by atoms with E-state index < -0.39 is 15.7 Å². The van der Waals surface area contributed by atoms with Gasteiger partial charge in [0.15, 0.2) is 0 Å². The lowest BCUT2D eigenvalue weighted by atomic mass is 10.2. The molecule has 0 bridgehead atoms. The zero-order valence-corrected chi connectivity index (χ0v) is 16.1. The molecule has 0 amide bonds. The molecule has 1 heterocycles. The molecule has 3 N–H and O–H groups in total. The minimum atomic E-state index is -4.02. The third kappa shape index (κ3) is 3.89. The lowest BCUT2D eigenvalue weighted by Gasteiger charge is -2.09. The molecular formula is C20H21N3O4S. The molecule has 8 heteroatoms. The molecular weight excluding hydrogens is 378 g/mol. The van der Waals surface area contributed by atoms with Crippen LogP contribution in [0.5, 0.6) is 0 Å². The molecule has 0 aliphatic heterocycles. The van der Waals surface area contributed by atoms with Crippen molar-refractivity contribution in [2.45, 2.75) is 23.8 Å². The molecule has 1 fully saturated rings. The second-order valence-corrected chi connectivity index (χ2v) is 8.22. The Morgan fingerprint density at radius 1 is 1.29 bits per heavy atom. The lowest BCUT2D eigenvalue weighted by Crippen LogP contribution is -2.39. The third-order valence-electron chi connectivity index (χ3n) is 4.73. The number of benzene rings is 2. The number of hydrogen-bond acceptors (Lipinski definition) is 5. The molecule has 0 saturated heterocycles. The number of hydrogen-bond donors (Lipinski definition) is 2. The van der Waals surface area contributed by atoms with E-state index in [-0.39, 0.29) is 16.7 Å². The summed E-state index contributed by atoms with van der Waals surface area (Å²) in [5.41, 5.74) is 7.00. The van der Waals surface area contributed by atoms with Gasteiger partial charge in [-0.05, 0) is 31.5 Å². The Balaban J connectivity index is 0.000000178. The number of aryl methyl sites for hydroxylation is 1. The van der Waals surface area contributed by atoms with Crippen LogP contribution in [-0.2, 0) is 10.1 Å². The van der Waals surface area contributed by atoms with Gasteiger partial charge in [0, 0.05) is 11.3 Å². The van der Waals surface area contributed by atoms with Crippen LogP contribution in [0.15, 0.2) is 72.3 Å². The molecule has 2 atom stereocenters. The SMILES string of the molecule is C=C[C@H]1C[C@@]1(N)C(=O)n1ncc2ccccc21.Cc1ccc(S(=O)(=O)O)cc1. The van der Waals surface area contributed by atoms with Gasteiger partial charge >= 0.3 is 0 Å². The first-order chi connectivity index (χ1) is 13.2. The summed E-state index contributed by atoms with van der Waals surface area (Å²) in [6.07, 6.45) is 4.08. The van der Waals surface area contributed by atoms with Crippen molar-refractivity contribution in [3.05, 3.63) is 72.9 Å². The van der Waals surface area contributed by atoms with Crippen LogP contribution in [0.25, 0.3) is 10.9 Å². The number of nitrogens with two attached hydrogens (primary N) is 1. The average Bonchev–Trinajstić information content (AvgIpc) is 3.16. The van der Waals surface area contributed by atoms with Gasteiger partial charge in [0.2, 0.25) is 0 Å². The first-order valence-corrected chi connectivity index (χ1v) is 10.0. The van der Waals surface area contributed by atoms with Crippen molar-refractivity contribution in [3.8, 4) is 0 Å². The Labute approximate surface area is 163 Å². The van der Waals surface area contributed by atoms with Crippen LogP contribution in [0.3, 0.4) is 0 Å². The van der Waals surface area contributed by atoms with Gasteiger partial charge in [0.25, 0.3) is 16.0 Å². The zero-order valence-electron chi connectivity index (χ0n) is 15.3. The van der Waals surface area contributed by atoms with Crippen molar-refractivity contribution < 1.29 is 17.8 Å². The van der Waals surface area contributed by atoms with E-state index >= 15 is 0 Å². The van der Waals surface area contributed by atoms with E-state index in [1.165, 1.54) is 16.8 Å². The summed E-state index contributed by atoms with van der Waals surface area (Å²) in [5, 5.41) is 5.07. The minimum absolute atomic E-state index is 0.0666. The van der Waals surface area contributed by atoms with E-state index in [0.29, 0.717) is 6.42 Å². The molecule has 1 saturated carbocycles. The molecule has 2 aromatic carbocycles. The highest BCUT2D eigenvalue weighted by Crippen LogP contribution is 2.43. The summed E-state index contributed by atoms with van der Waals surface area (Å²) in [6.45, 7) is 5.52. The number of rotatable bonds is 3. The molecule has 3 aromatic rings. The molecule has 1 aromatic heterocycles. The van der Waals surface area contributed by atoms with Crippen molar-refractivity contribution in [2.24, 2.45) is 11.7 Å². The largest absolute Gasteiger partial charge is 0.317 e. The standard InChI is InChI=1S/C13H13N3O.C7H8O3S/c1-2-10-7-13(10,14)12(17)16-11-6-4-3-5-9(11)8-15-16;1-6-2-4-7(5-3-6)11(8,9)10/h2-6,8,10H,1,7,14H2;2-5H,1H3,(H,8,9,10)/t10-,13-;/m0./s1. The van der Waals surface area contributed by atoms with Gasteiger partial charge in [-0.15, -0.1) is 6.58 Å². The normalized spacial score (nSPS) is 20.9. The molecule has 146 valence electrons. The Bertz CT molecular complexity index is 1140. The molecule has 0 spiro atoms. The summed E-state index contributed by atoms with van der Waals surface area (Å²) in [7, 11) is -4.02. The van der Waals surface area contributed by atoms with Crippen LogP contribution in [0.4, 0.5) is 0 Å². The van der Waals surface area contributed by atoms with Crippen LogP contribution >= 0.6 is 0 Å². The van der Waals surface area contributed by atoms with Crippen molar-refractivity contribution in [1.82, 2.24) is 9.78 Å². The van der Waals surface area contributed by atoms with Gasteiger partial charge < -0.3 is 5.73 Å². The van der Waals surface area contributed by atoms with Crippen LogP contribution in [-0.4, -0.2) is 34.2 Å². The van der Waals surface area contributed by atoms with E-state index in [1.54, 1.807) is 24.4 Å². The number of fused-ring (bicyclic) bond motifs is 1. The summed E-state index contributed by atoms with van der Waals surface area (Å²) in [5.74, 6) is -0.0819. The number of carbonyl (C=O) groups excluding carboxylic acids is 1. The van der Waals surface area contributed by atoms with Crippen molar-refractivity contribution >= 4 is 26.9 Å². The second-order valence-electron chi connectivity index (χ2n) is 6.80. The maximum atomic E-state index is 12.3. The topological polar surface area (TPSA) is 115 Å². The number of nitrogens with zero attached hydrogens (tertiary/aromatic N) is 2. The van der Waals surface area contributed by atoms with Crippen LogP contribution < -0.4 is 5.73 Å². The van der Waals surface area contributed by atoms with E-state index in [2.05, 4.69) is 11.7 Å². The van der Waals surface area contributed by atoms with Gasteiger partial charge in [-0.3, -0.25) is 9.35 Å². The smallest absolute Gasteiger partial charge is 0.294 e. The average molecular weight is 399 g/mol. The fraction of sp³-hybridized carbons (Fsp3) is 0.200. The minimum Gasteiger partial charge on any atom is -0.317 e. The summed E-state index contributed by atoms with van der Waals surface area (Å²) in [6, 6.07) is 13.6. The van der Waals surface area contributed by atoms with E-state index in [4.69, 9.17) is 10.3 Å². The van der Waals surface area contributed by atoms with Crippen molar-refractivity contribution in [2.75, 3.05) is 0 Å². The number of para-hydroxylation sites is 1. The van der Waals surface area contributed by atoms with E-state index in [9.17, 15) is 13.2 Å². The molecule has 4 rings (SSSR count). The first kappa shape index (κ1) is 19.9. The fourth-order valence-corrected chi connectivity index (χ4v) is 3.37. The van der Waals surface area contributed by atoms with Crippen molar-refractivity contribution in [3.63, 3.8) is 0 Å². The van der Waals surface area contributed by atoms with Crippen molar-refractivity contribution in [1.29, 1.82) is 0 Å². The summed E-state index contributed by atoms with van der Waals surface area (Å²) < 4.78 is 31.0. The highest BCUT2D eigenvalue weighted by Gasteiger charge is 2.56. The highest BCUT2D eigenvalue weighted by molar-refractivity contribution is 7.85. The molecule has 7 nitrogen and oxygen atoms in total. The van der Waals surface area contributed by atoms with Crippen LogP contribution in [0, 0.1) is 12.8 Å². The quantitative estimate of drug-likeness (QED) is 0.517. The Hall–Kier alpha value is -2.81. The Morgan fingerprint density at radius 2 is 1.93 bits per heavy atom. The Kier molecular flexibility index (Phi) is 5.20.